The van der Waals surface area contributed by atoms with Crippen LogP contribution in [0.1, 0.15) is 25.7 Å². The largest absolute Gasteiger partial charge is 0.393 e. The van der Waals surface area contributed by atoms with E-state index in [0.29, 0.717) is 5.41 Å². The van der Waals surface area contributed by atoms with Crippen LogP contribution in [0.25, 0.3) is 0 Å². The topological polar surface area (TPSA) is 37.3 Å². The average molecular weight is 273 g/mol. The highest BCUT2D eigenvalue weighted by Crippen LogP contribution is 2.42. The van der Waals surface area contributed by atoms with Crippen LogP contribution < -0.4 is 0 Å². The fraction of sp³-hybridized carbons (Fsp3) is 0.923. The van der Waals surface area contributed by atoms with Crippen LogP contribution in [0.2, 0.25) is 39.3 Å². The maximum Gasteiger partial charge on any atom is 0.124 e. The predicted octanol–water partition coefficient (Wildman–Crippen LogP) is 3.23. The fourth-order valence-corrected chi connectivity index (χ4v) is 6.74. The molecule has 0 saturated heterocycles. The van der Waals surface area contributed by atoms with E-state index in [4.69, 9.17) is 0 Å². The quantitative estimate of drug-likeness (QED) is 0.801. The van der Waals surface area contributed by atoms with Gasteiger partial charge in [-0.15, -0.1) is 0 Å². The van der Waals surface area contributed by atoms with Gasteiger partial charge in [0.15, 0.2) is 0 Å². The second-order valence-corrected chi connectivity index (χ2v) is 17.9. The molecule has 1 saturated carbocycles. The molecule has 0 aromatic heterocycles. The second kappa shape index (κ2) is 4.63. The van der Waals surface area contributed by atoms with Gasteiger partial charge < -0.3 is 9.90 Å². The molecule has 0 spiro atoms. The zero-order chi connectivity index (χ0) is 13.5. The standard InChI is InChI=1S/C13H28O2Si2/c1-16(2,3)12(14)11-9-7-8-10-13(11,15)17(4,5)6/h11,15H,7-10H2,1-6H3/t11-,13+/m0/s1. The maximum absolute atomic E-state index is 12.6. The molecule has 0 aliphatic heterocycles. The summed E-state index contributed by atoms with van der Waals surface area (Å²) >= 11 is 0. The summed E-state index contributed by atoms with van der Waals surface area (Å²) in [6.07, 6.45) is 3.93. The zero-order valence-corrected chi connectivity index (χ0v) is 14.3. The Morgan fingerprint density at radius 1 is 1.12 bits per heavy atom. The summed E-state index contributed by atoms with van der Waals surface area (Å²) in [5.41, 5.74) is 0. The van der Waals surface area contributed by atoms with Crippen molar-refractivity contribution in [3.63, 3.8) is 0 Å². The monoisotopic (exact) mass is 272 g/mol. The van der Waals surface area contributed by atoms with E-state index in [0.717, 1.165) is 25.7 Å². The van der Waals surface area contributed by atoms with Crippen molar-refractivity contribution >= 4 is 21.6 Å². The summed E-state index contributed by atoms with van der Waals surface area (Å²) in [4.78, 5) is 12.6. The smallest absolute Gasteiger partial charge is 0.124 e. The lowest BCUT2D eigenvalue weighted by molar-refractivity contribution is -0.123. The summed E-state index contributed by atoms with van der Waals surface area (Å²) in [6.45, 7) is 12.9. The van der Waals surface area contributed by atoms with Gasteiger partial charge in [-0.25, -0.2) is 0 Å². The molecule has 1 N–H and O–H groups in total. The molecule has 1 aliphatic carbocycles. The Hall–Kier alpha value is 0.0638. The minimum Gasteiger partial charge on any atom is -0.393 e. The highest BCUT2D eigenvalue weighted by molar-refractivity contribution is 7.04. The minimum atomic E-state index is -1.79. The van der Waals surface area contributed by atoms with E-state index in [9.17, 15) is 9.90 Å². The molecule has 0 amide bonds. The molecule has 17 heavy (non-hydrogen) atoms. The highest BCUT2D eigenvalue weighted by Gasteiger charge is 2.53. The van der Waals surface area contributed by atoms with Crippen molar-refractivity contribution in [2.75, 3.05) is 0 Å². The molecule has 0 aromatic carbocycles. The highest BCUT2D eigenvalue weighted by atomic mass is 28.3. The average Bonchev–Trinajstić information content (AvgIpc) is 2.14. The van der Waals surface area contributed by atoms with Gasteiger partial charge in [-0.2, -0.15) is 0 Å². The molecule has 2 atom stereocenters. The normalized spacial score (nSPS) is 31.4. The summed E-state index contributed by atoms with van der Waals surface area (Å²) in [5, 5.41) is 10.8. The molecule has 0 radical (unpaired) electrons. The third-order valence-electron chi connectivity index (χ3n) is 4.23. The molecule has 1 aliphatic rings. The second-order valence-electron chi connectivity index (χ2n) is 7.59. The Labute approximate surface area is 108 Å². The summed E-state index contributed by atoms with van der Waals surface area (Å²) in [7, 11) is -3.52. The van der Waals surface area contributed by atoms with Gasteiger partial charge in [-0.1, -0.05) is 52.1 Å². The fourth-order valence-electron chi connectivity index (χ4n) is 2.92. The Bertz CT molecular complexity index is 302. The number of hydrogen-bond acceptors (Lipinski definition) is 2. The molecular weight excluding hydrogens is 244 g/mol. The molecule has 0 heterocycles. The predicted molar refractivity (Wildman–Crippen MR) is 78.6 cm³/mol. The van der Waals surface area contributed by atoms with Crippen LogP contribution in [-0.4, -0.2) is 31.9 Å². The number of carbonyl (C=O) groups excluding carboxylic acids is 1. The van der Waals surface area contributed by atoms with Gasteiger partial charge in [0, 0.05) is 5.92 Å². The van der Waals surface area contributed by atoms with Crippen LogP contribution >= 0.6 is 0 Å². The van der Waals surface area contributed by atoms with Crippen LogP contribution in [0.3, 0.4) is 0 Å². The van der Waals surface area contributed by atoms with Crippen LogP contribution in [0.15, 0.2) is 0 Å². The first-order chi connectivity index (χ1) is 7.50. The third kappa shape index (κ3) is 2.91. The number of rotatable bonds is 3. The molecular formula is C13H28O2Si2. The summed E-state index contributed by atoms with van der Waals surface area (Å²) in [5.74, 6) is -0.0745. The van der Waals surface area contributed by atoms with Crippen molar-refractivity contribution in [2.24, 2.45) is 5.92 Å². The summed E-state index contributed by atoms with van der Waals surface area (Å²) in [6, 6.07) is 0. The first-order valence-corrected chi connectivity index (χ1v) is 13.8. The maximum atomic E-state index is 12.6. The lowest BCUT2D eigenvalue weighted by Crippen LogP contribution is -2.63. The summed E-state index contributed by atoms with van der Waals surface area (Å²) < 4.78 is 0. The Kier molecular flexibility index (Phi) is 4.12. The van der Waals surface area contributed by atoms with E-state index in [-0.39, 0.29) is 5.92 Å². The molecule has 0 aromatic rings. The Balaban J connectivity index is 3.07. The third-order valence-corrected chi connectivity index (χ3v) is 9.25. The van der Waals surface area contributed by atoms with E-state index < -0.39 is 21.4 Å². The van der Waals surface area contributed by atoms with Crippen LogP contribution in [-0.2, 0) is 4.79 Å². The zero-order valence-electron chi connectivity index (χ0n) is 12.3. The molecule has 1 fully saturated rings. The van der Waals surface area contributed by atoms with Gasteiger partial charge >= 0.3 is 0 Å². The molecule has 4 heteroatoms. The van der Waals surface area contributed by atoms with Gasteiger partial charge in [-0.3, -0.25) is 0 Å². The van der Waals surface area contributed by atoms with Crippen molar-refractivity contribution in [3.05, 3.63) is 0 Å². The van der Waals surface area contributed by atoms with Crippen LogP contribution in [0.4, 0.5) is 0 Å². The van der Waals surface area contributed by atoms with Gasteiger partial charge in [0.25, 0.3) is 0 Å². The number of carbonyl (C=O) groups is 1. The van der Waals surface area contributed by atoms with Crippen molar-refractivity contribution in [3.8, 4) is 0 Å². The van der Waals surface area contributed by atoms with Crippen molar-refractivity contribution in [2.45, 2.75) is 70.2 Å². The van der Waals surface area contributed by atoms with Gasteiger partial charge in [0.2, 0.25) is 0 Å². The molecule has 0 unspecified atom stereocenters. The van der Waals surface area contributed by atoms with E-state index in [1.54, 1.807) is 0 Å². The van der Waals surface area contributed by atoms with Gasteiger partial charge in [-0.05, 0) is 12.8 Å². The van der Waals surface area contributed by atoms with Gasteiger partial charge in [0.1, 0.15) is 13.5 Å². The molecule has 2 nitrogen and oxygen atoms in total. The lowest BCUT2D eigenvalue weighted by atomic mass is 9.86. The lowest BCUT2D eigenvalue weighted by Gasteiger charge is -2.48. The Morgan fingerprint density at radius 3 is 2.06 bits per heavy atom. The van der Waals surface area contributed by atoms with Gasteiger partial charge in [0.05, 0.1) is 13.3 Å². The molecule has 0 bridgehead atoms. The van der Waals surface area contributed by atoms with E-state index in [1.165, 1.54) is 0 Å². The van der Waals surface area contributed by atoms with Crippen LogP contribution in [0.5, 0.6) is 0 Å². The van der Waals surface area contributed by atoms with Crippen molar-refractivity contribution in [1.29, 1.82) is 0 Å². The van der Waals surface area contributed by atoms with E-state index >= 15 is 0 Å². The Morgan fingerprint density at radius 2 is 1.65 bits per heavy atom. The minimum absolute atomic E-state index is 0.0745. The first-order valence-electron chi connectivity index (χ1n) is 6.77. The van der Waals surface area contributed by atoms with Crippen LogP contribution in [0, 0.1) is 5.92 Å². The molecule has 1 rings (SSSR count). The van der Waals surface area contributed by atoms with E-state index in [2.05, 4.69) is 39.3 Å². The van der Waals surface area contributed by atoms with E-state index in [1.807, 2.05) is 0 Å². The SMILES string of the molecule is C[Si](C)(C)C(=O)[C@@H]1CCCC[C@@]1(O)[Si](C)(C)C. The number of aliphatic hydroxyl groups is 1. The molecule has 100 valence electrons. The number of hydrogen-bond donors (Lipinski definition) is 1. The first kappa shape index (κ1) is 15.1. The van der Waals surface area contributed by atoms with Crippen molar-refractivity contribution in [1.82, 2.24) is 0 Å². The van der Waals surface area contributed by atoms with Crippen molar-refractivity contribution < 1.29 is 9.90 Å².